The van der Waals surface area contributed by atoms with E-state index in [-0.39, 0.29) is 12.6 Å². The van der Waals surface area contributed by atoms with Crippen LogP contribution >= 0.6 is 11.8 Å². The largest absolute Gasteiger partial charge is 0.483 e. The molecule has 0 amide bonds. The summed E-state index contributed by atoms with van der Waals surface area (Å²) < 4.78 is 6.17. The lowest BCUT2D eigenvalue weighted by molar-refractivity contribution is -0.122. The van der Waals surface area contributed by atoms with Gasteiger partial charge in [-0.2, -0.15) is 0 Å². The van der Waals surface area contributed by atoms with Gasteiger partial charge in [0.25, 0.3) is 6.47 Å². The van der Waals surface area contributed by atoms with Crippen molar-refractivity contribution in [1.82, 2.24) is 14.9 Å². The molecule has 8 nitrogen and oxygen atoms in total. The van der Waals surface area contributed by atoms with Crippen LogP contribution in [0.4, 0.5) is 11.5 Å². The molecule has 31 heavy (non-hydrogen) atoms. The third-order valence-corrected chi connectivity index (χ3v) is 5.73. The Bertz CT molecular complexity index is 811. The van der Waals surface area contributed by atoms with Gasteiger partial charge in [0, 0.05) is 29.9 Å². The van der Waals surface area contributed by atoms with Gasteiger partial charge < -0.3 is 25.5 Å². The molecule has 1 aromatic carbocycles. The zero-order valence-corrected chi connectivity index (χ0v) is 18.9. The molecule has 1 aliphatic heterocycles. The number of ether oxygens (including phenoxy) is 1. The average molecular weight is 446 g/mol. The van der Waals surface area contributed by atoms with Crippen LogP contribution in [-0.4, -0.2) is 64.7 Å². The third kappa shape index (κ3) is 7.84. The number of rotatable bonds is 9. The molecule has 3 rings (SSSR count). The Balaban J connectivity index is 0.00000107. The van der Waals surface area contributed by atoms with Crippen molar-refractivity contribution in [1.29, 1.82) is 5.41 Å². The van der Waals surface area contributed by atoms with Gasteiger partial charge in [-0.05, 0) is 56.3 Å². The van der Waals surface area contributed by atoms with Crippen molar-refractivity contribution >= 4 is 36.0 Å². The van der Waals surface area contributed by atoms with Gasteiger partial charge in [0.2, 0.25) is 5.88 Å². The average Bonchev–Trinajstić information content (AvgIpc) is 2.80. The smallest absolute Gasteiger partial charge is 0.290 e. The Morgan fingerprint density at radius 2 is 1.97 bits per heavy atom. The molecule has 0 aliphatic carbocycles. The topological polar surface area (TPSA) is 111 Å². The van der Waals surface area contributed by atoms with Crippen molar-refractivity contribution in [3.8, 4) is 5.88 Å². The molecule has 1 saturated heterocycles. The highest BCUT2D eigenvalue weighted by molar-refractivity contribution is 7.98. The maximum absolute atomic E-state index is 8.36. The molecule has 0 radical (unpaired) electrons. The molecule has 0 saturated carbocycles. The Kier molecular flexibility index (Phi) is 10.8. The number of nitrogens with zero attached hydrogens (tertiary/aromatic N) is 3. The predicted octanol–water partition coefficient (Wildman–Crippen LogP) is 4.28. The summed E-state index contributed by atoms with van der Waals surface area (Å²) in [6.45, 7) is 5.27. The van der Waals surface area contributed by atoms with Crippen LogP contribution in [0.1, 0.15) is 38.2 Å². The minimum absolute atomic E-state index is 0.139. The Hall–Kier alpha value is -2.65. The second-order valence-corrected chi connectivity index (χ2v) is 7.94. The van der Waals surface area contributed by atoms with Crippen LogP contribution < -0.4 is 10.1 Å². The van der Waals surface area contributed by atoms with Gasteiger partial charge in [0.15, 0.2) is 0 Å². The quantitative estimate of drug-likeness (QED) is 0.298. The van der Waals surface area contributed by atoms with Crippen LogP contribution in [0, 0.1) is 5.41 Å². The van der Waals surface area contributed by atoms with E-state index in [1.165, 1.54) is 36.8 Å². The highest BCUT2D eigenvalue weighted by Crippen LogP contribution is 2.27. The second kappa shape index (κ2) is 13.6. The van der Waals surface area contributed by atoms with Crippen molar-refractivity contribution in [2.24, 2.45) is 0 Å². The molecule has 1 aromatic heterocycles. The van der Waals surface area contributed by atoms with Gasteiger partial charge in [0.05, 0.1) is 5.56 Å². The zero-order chi connectivity index (χ0) is 22.5. The molecule has 0 bridgehead atoms. The SMILES string of the molecule is CCCCN1CCC(Oc2ncnc(Nc3ccc(SC)cc3)c2C=N)CC1.O=CO. The maximum atomic E-state index is 8.36. The summed E-state index contributed by atoms with van der Waals surface area (Å²) >= 11 is 1.70. The number of aromatic nitrogens is 2. The number of nitrogens with one attached hydrogen (secondary N) is 2. The predicted molar refractivity (Wildman–Crippen MR) is 125 cm³/mol. The van der Waals surface area contributed by atoms with Crippen molar-refractivity contribution < 1.29 is 14.6 Å². The molecular weight excluding hydrogens is 414 g/mol. The standard InChI is InChI=1S/C21H29N5OS.CH2O2/c1-3-4-11-26-12-9-17(10-13-26)27-21-19(14-22)20(23-15-24-21)25-16-5-7-18(28-2)8-6-16;2-1-3/h5-8,14-15,17,22H,3-4,9-13H2,1-2H3,(H,23,24,25);1H,(H,2,3). The molecule has 0 spiro atoms. The molecule has 2 heterocycles. The van der Waals surface area contributed by atoms with E-state index in [9.17, 15) is 0 Å². The van der Waals surface area contributed by atoms with Gasteiger partial charge >= 0.3 is 0 Å². The number of carbonyl (C=O) groups is 1. The van der Waals surface area contributed by atoms with E-state index < -0.39 is 0 Å². The van der Waals surface area contributed by atoms with Crippen LogP contribution in [0.5, 0.6) is 5.88 Å². The summed E-state index contributed by atoms with van der Waals surface area (Å²) in [5.74, 6) is 1.08. The van der Waals surface area contributed by atoms with E-state index in [0.29, 0.717) is 17.3 Å². The van der Waals surface area contributed by atoms with Crippen molar-refractivity contribution in [3.05, 3.63) is 36.2 Å². The fourth-order valence-electron chi connectivity index (χ4n) is 3.30. The van der Waals surface area contributed by atoms with E-state index in [4.69, 9.17) is 20.0 Å². The van der Waals surface area contributed by atoms with Gasteiger partial charge in [-0.25, -0.2) is 9.97 Å². The second-order valence-electron chi connectivity index (χ2n) is 7.06. The maximum Gasteiger partial charge on any atom is 0.290 e. The summed E-state index contributed by atoms with van der Waals surface area (Å²) in [6, 6.07) is 8.13. The molecule has 0 atom stereocenters. The number of thioether (sulfide) groups is 1. The molecule has 168 valence electrons. The van der Waals surface area contributed by atoms with Crippen molar-refractivity contribution in [2.75, 3.05) is 31.2 Å². The van der Waals surface area contributed by atoms with Crippen molar-refractivity contribution in [2.45, 2.75) is 43.6 Å². The van der Waals surface area contributed by atoms with E-state index >= 15 is 0 Å². The van der Waals surface area contributed by atoms with Gasteiger partial charge in [0.1, 0.15) is 18.2 Å². The van der Waals surface area contributed by atoms with Gasteiger partial charge in [-0.15, -0.1) is 11.8 Å². The minimum atomic E-state index is -0.250. The van der Waals surface area contributed by atoms with Crippen LogP contribution in [0.15, 0.2) is 35.5 Å². The van der Waals surface area contributed by atoms with Crippen LogP contribution in [0.3, 0.4) is 0 Å². The van der Waals surface area contributed by atoms with E-state index in [1.807, 2.05) is 12.1 Å². The lowest BCUT2D eigenvalue weighted by Gasteiger charge is -2.32. The monoisotopic (exact) mass is 445 g/mol. The van der Waals surface area contributed by atoms with Crippen molar-refractivity contribution in [3.63, 3.8) is 0 Å². The Morgan fingerprint density at radius 3 is 2.55 bits per heavy atom. The number of benzene rings is 1. The number of piperidine rings is 1. The molecular formula is C22H31N5O3S. The summed E-state index contributed by atoms with van der Waals surface area (Å²) in [7, 11) is 0. The Labute approximate surface area is 187 Å². The summed E-state index contributed by atoms with van der Waals surface area (Å²) in [6.07, 6.45) is 9.42. The summed E-state index contributed by atoms with van der Waals surface area (Å²) in [5.41, 5.74) is 1.51. The molecule has 9 heteroatoms. The fraction of sp³-hybridized carbons (Fsp3) is 0.455. The van der Waals surface area contributed by atoms with E-state index in [1.54, 1.807) is 11.8 Å². The fourth-order valence-corrected chi connectivity index (χ4v) is 3.71. The lowest BCUT2D eigenvalue weighted by Crippen LogP contribution is -2.38. The first-order valence-corrected chi connectivity index (χ1v) is 11.6. The molecule has 1 aliphatic rings. The molecule has 0 unspecified atom stereocenters. The number of anilines is 2. The highest BCUT2D eigenvalue weighted by atomic mass is 32.2. The van der Waals surface area contributed by atoms with Crippen LogP contribution in [-0.2, 0) is 4.79 Å². The molecule has 1 fully saturated rings. The van der Waals surface area contributed by atoms with Gasteiger partial charge in [-0.1, -0.05) is 13.3 Å². The van der Waals surface area contributed by atoms with E-state index in [0.717, 1.165) is 31.6 Å². The number of carboxylic acid groups (broad SMARTS) is 1. The van der Waals surface area contributed by atoms with Crippen LogP contribution in [0.2, 0.25) is 0 Å². The number of unbranched alkanes of at least 4 members (excludes halogenated alkanes) is 1. The first kappa shape index (κ1) is 24.6. The zero-order valence-electron chi connectivity index (χ0n) is 18.1. The lowest BCUT2D eigenvalue weighted by atomic mass is 10.1. The third-order valence-electron chi connectivity index (χ3n) is 4.99. The van der Waals surface area contributed by atoms with Gasteiger partial charge in [-0.3, -0.25) is 4.79 Å². The first-order chi connectivity index (χ1) is 15.1. The highest BCUT2D eigenvalue weighted by Gasteiger charge is 2.22. The minimum Gasteiger partial charge on any atom is -0.483 e. The van der Waals surface area contributed by atoms with E-state index in [2.05, 4.69) is 45.5 Å². The molecule has 2 aromatic rings. The number of hydrogen-bond donors (Lipinski definition) is 3. The first-order valence-electron chi connectivity index (χ1n) is 10.4. The number of likely N-dealkylation sites (tertiary alicyclic amines) is 1. The van der Waals surface area contributed by atoms with Crippen LogP contribution in [0.25, 0.3) is 0 Å². The summed E-state index contributed by atoms with van der Waals surface area (Å²) in [4.78, 5) is 20.7. The Morgan fingerprint density at radius 1 is 1.29 bits per heavy atom. The summed E-state index contributed by atoms with van der Waals surface area (Å²) in [5, 5.41) is 18.0. The molecule has 3 N–H and O–H groups in total. The normalized spacial score (nSPS) is 14.3. The number of hydrogen-bond acceptors (Lipinski definition) is 8.